The number of carbonyl (C=O) groups excluding carboxylic acids is 1. The highest BCUT2D eigenvalue weighted by molar-refractivity contribution is 6.17. The van der Waals surface area contributed by atoms with Crippen LogP contribution in [0.25, 0.3) is 10.9 Å². The van der Waals surface area contributed by atoms with Gasteiger partial charge in [-0.05, 0) is 12.1 Å². The summed E-state index contributed by atoms with van der Waals surface area (Å²) in [5.41, 5.74) is -0.0980. The van der Waals surface area contributed by atoms with Crippen LogP contribution in [0.2, 0.25) is 0 Å². The lowest BCUT2D eigenvalue weighted by atomic mass is 9.98. The number of hydrogen-bond acceptors (Lipinski definition) is 3. The number of ether oxygens (including phenoxy) is 1. The zero-order valence-corrected chi connectivity index (χ0v) is 15.8. The van der Waals surface area contributed by atoms with Crippen molar-refractivity contribution in [2.24, 2.45) is 0 Å². The van der Waals surface area contributed by atoms with Gasteiger partial charge in [0.05, 0.1) is 18.8 Å². The van der Waals surface area contributed by atoms with Crippen LogP contribution >= 0.6 is 0 Å². The number of morpholine rings is 1. The molecule has 0 saturated carbocycles. The molecule has 2 aromatic carbocycles. The monoisotopic (exact) mass is 402 g/mol. The van der Waals surface area contributed by atoms with Gasteiger partial charge in [0.15, 0.2) is 5.78 Å². The maximum atomic E-state index is 13.4. The van der Waals surface area contributed by atoms with Crippen molar-refractivity contribution >= 4 is 16.7 Å². The fourth-order valence-electron chi connectivity index (χ4n) is 3.76. The van der Waals surface area contributed by atoms with Gasteiger partial charge in [-0.25, -0.2) is 0 Å². The minimum atomic E-state index is -4.58. The molecule has 0 spiro atoms. The Bertz CT molecular complexity index is 1020. The second kappa shape index (κ2) is 8.00. The average Bonchev–Trinajstić information content (AvgIpc) is 3.11. The summed E-state index contributed by atoms with van der Waals surface area (Å²) in [6.45, 7) is 4.53. The van der Waals surface area contributed by atoms with Crippen molar-refractivity contribution in [1.29, 1.82) is 0 Å². The van der Waals surface area contributed by atoms with Gasteiger partial charge in [-0.1, -0.05) is 36.4 Å². The summed E-state index contributed by atoms with van der Waals surface area (Å²) >= 11 is 0. The first-order valence-electron chi connectivity index (χ1n) is 9.54. The van der Waals surface area contributed by atoms with Gasteiger partial charge in [0.25, 0.3) is 0 Å². The maximum absolute atomic E-state index is 13.4. The molecule has 0 radical (unpaired) electrons. The molecule has 1 saturated heterocycles. The Balaban J connectivity index is 1.69. The fraction of sp³-hybridized carbons (Fsp3) is 0.318. The smallest absolute Gasteiger partial charge is 0.379 e. The number of hydrogen-bond donors (Lipinski definition) is 0. The summed E-state index contributed by atoms with van der Waals surface area (Å²) in [6, 6.07) is 12.3. The summed E-state index contributed by atoms with van der Waals surface area (Å²) < 4.78 is 47.5. The maximum Gasteiger partial charge on any atom is 0.417 e. The fourth-order valence-corrected chi connectivity index (χ4v) is 3.76. The Morgan fingerprint density at radius 3 is 2.38 bits per heavy atom. The average molecular weight is 402 g/mol. The molecule has 1 aliphatic rings. The van der Waals surface area contributed by atoms with Crippen LogP contribution in [0.4, 0.5) is 13.2 Å². The predicted molar refractivity (Wildman–Crippen MR) is 104 cm³/mol. The third-order valence-electron chi connectivity index (χ3n) is 5.27. The Kier molecular flexibility index (Phi) is 5.43. The van der Waals surface area contributed by atoms with E-state index in [9.17, 15) is 18.0 Å². The standard InChI is InChI=1S/C22H21F3N2O2/c23-22(24,25)19-7-3-1-6-17(19)21(28)18-15-27(20-8-4-2-5-16(18)20)10-9-26-11-13-29-14-12-26/h1-8,15H,9-14H2. The minimum Gasteiger partial charge on any atom is -0.379 e. The molecule has 0 aliphatic carbocycles. The van der Waals surface area contributed by atoms with E-state index in [0.29, 0.717) is 30.7 Å². The number of benzene rings is 2. The first-order valence-corrected chi connectivity index (χ1v) is 9.54. The summed E-state index contributed by atoms with van der Waals surface area (Å²) in [7, 11) is 0. The van der Waals surface area contributed by atoms with Crippen LogP contribution in [0, 0.1) is 0 Å². The van der Waals surface area contributed by atoms with E-state index < -0.39 is 17.5 Å². The second-order valence-corrected chi connectivity index (χ2v) is 7.08. The zero-order valence-electron chi connectivity index (χ0n) is 15.8. The van der Waals surface area contributed by atoms with Crippen LogP contribution in [0.1, 0.15) is 21.5 Å². The van der Waals surface area contributed by atoms with E-state index in [0.717, 1.165) is 31.2 Å². The van der Waals surface area contributed by atoms with E-state index in [1.807, 2.05) is 16.7 Å². The SMILES string of the molecule is O=C(c1ccccc1C(F)(F)F)c1cn(CCN2CCOCC2)c2ccccc12. The van der Waals surface area contributed by atoms with Crippen molar-refractivity contribution in [3.63, 3.8) is 0 Å². The quantitative estimate of drug-likeness (QED) is 0.600. The van der Waals surface area contributed by atoms with Crippen LogP contribution in [-0.4, -0.2) is 48.1 Å². The molecule has 0 bridgehead atoms. The van der Waals surface area contributed by atoms with Crippen LogP contribution < -0.4 is 0 Å². The van der Waals surface area contributed by atoms with Crippen LogP contribution in [-0.2, 0) is 17.5 Å². The van der Waals surface area contributed by atoms with Gasteiger partial charge < -0.3 is 9.30 Å². The lowest BCUT2D eigenvalue weighted by Crippen LogP contribution is -2.38. The third kappa shape index (κ3) is 4.06. The molecule has 7 heteroatoms. The molecule has 0 atom stereocenters. The van der Waals surface area contributed by atoms with E-state index in [1.165, 1.54) is 18.2 Å². The van der Waals surface area contributed by atoms with Crippen LogP contribution in [0.5, 0.6) is 0 Å². The predicted octanol–water partition coefficient (Wildman–Crippen LogP) is 4.22. The lowest BCUT2D eigenvalue weighted by molar-refractivity contribution is -0.137. The van der Waals surface area contributed by atoms with Gasteiger partial charge in [-0.2, -0.15) is 13.2 Å². The molecule has 2 heterocycles. The number of fused-ring (bicyclic) bond motifs is 1. The summed E-state index contributed by atoms with van der Waals surface area (Å²) in [5.74, 6) is -0.612. The van der Waals surface area contributed by atoms with Crippen molar-refractivity contribution in [3.05, 3.63) is 71.4 Å². The number of aromatic nitrogens is 1. The number of alkyl halides is 3. The van der Waals surface area contributed by atoms with Gasteiger partial charge in [0.2, 0.25) is 0 Å². The molecule has 1 aliphatic heterocycles. The number of ketones is 1. The molecule has 1 fully saturated rings. The number of carbonyl (C=O) groups is 1. The second-order valence-electron chi connectivity index (χ2n) is 7.08. The molecule has 0 unspecified atom stereocenters. The number of rotatable bonds is 5. The van der Waals surface area contributed by atoms with Gasteiger partial charge >= 0.3 is 6.18 Å². The Morgan fingerprint density at radius 1 is 0.931 bits per heavy atom. The molecular formula is C22H21F3N2O2. The molecule has 1 aromatic heterocycles. The largest absolute Gasteiger partial charge is 0.417 e. The number of nitrogens with zero attached hydrogens (tertiary/aromatic N) is 2. The highest BCUT2D eigenvalue weighted by Crippen LogP contribution is 2.34. The van der Waals surface area contributed by atoms with Crippen molar-refractivity contribution < 1.29 is 22.7 Å². The van der Waals surface area contributed by atoms with E-state index in [2.05, 4.69) is 4.90 Å². The summed E-state index contributed by atoms with van der Waals surface area (Å²) in [5, 5.41) is 0.663. The van der Waals surface area contributed by atoms with Gasteiger partial charge in [-0.15, -0.1) is 0 Å². The normalized spacial score (nSPS) is 15.7. The summed E-state index contributed by atoms with van der Waals surface area (Å²) in [4.78, 5) is 15.4. The topological polar surface area (TPSA) is 34.5 Å². The molecule has 0 N–H and O–H groups in total. The number of halogens is 3. The molecule has 4 nitrogen and oxygen atoms in total. The van der Waals surface area contributed by atoms with Crippen LogP contribution in [0.3, 0.4) is 0 Å². The Morgan fingerprint density at radius 2 is 1.62 bits per heavy atom. The van der Waals surface area contributed by atoms with Crippen molar-refractivity contribution in [3.8, 4) is 0 Å². The van der Waals surface area contributed by atoms with E-state index in [4.69, 9.17) is 4.74 Å². The molecular weight excluding hydrogens is 381 g/mol. The van der Waals surface area contributed by atoms with E-state index in [-0.39, 0.29) is 5.56 Å². The Labute approximate surface area is 166 Å². The zero-order chi connectivity index (χ0) is 20.4. The Hall–Kier alpha value is -2.64. The van der Waals surface area contributed by atoms with Gasteiger partial charge in [0.1, 0.15) is 0 Å². The highest BCUT2D eigenvalue weighted by atomic mass is 19.4. The first-order chi connectivity index (χ1) is 13.9. The van der Waals surface area contributed by atoms with Crippen molar-refractivity contribution in [2.75, 3.05) is 32.8 Å². The van der Waals surface area contributed by atoms with Crippen molar-refractivity contribution in [1.82, 2.24) is 9.47 Å². The highest BCUT2D eigenvalue weighted by Gasteiger charge is 2.35. The minimum absolute atomic E-state index is 0.291. The number of para-hydroxylation sites is 1. The molecule has 4 rings (SSSR count). The first kappa shape index (κ1) is 19.7. The lowest BCUT2D eigenvalue weighted by Gasteiger charge is -2.26. The third-order valence-corrected chi connectivity index (χ3v) is 5.27. The summed E-state index contributed by atoms with van der Waals surface area (Å²) in [6.07, 6.45) is -2.90. The van der Waals surface area contributed by atoms with Crippen LogP contribution in [0.15, 0.2) is 54.7 Å². The van der Waals surface area contributed by atoms with E-state index >= 15 is 0 Å². The molecule has 3 aromatic rings. The van der Waals surface area contributed by atoms with E-state index in [1.54, 1.807) is 18.3 Å². The van der Waals surface area contributed by atoms with Gasteiger partial charge in [-0.3, -0.25) is 9.69 Å². The molecule has 29 heavy (non-hydrogen) atoms. The van der Waals surface area contributed by atoms with Crippen molar-refractivity contribution in [2.45, 2.75) is 12.7 Å². The molecule has 152 valence electrons. The molecule has 0 amide bonds. The van der Waals surface area contributed by atoms with Gasteiger partial charge in [0, 0.05) is 54.4 Å².